The molecule has 0 spiro atoms. The minimum absolute atomic E-state index is 0.000473. The van der Waals surface area contributed by atoms with Crippen molar-refractivity contribution < 1.29 is 14.7 Å². The Bertz CT molecular complexity index is 1190. The molecule has 0 radical (unpaired) electrons. The van der Waals surface area contributed by atoms with Crippen molar-refractivity contribution in [3.63, 3.8) is 0 Å². The predicted molar refractivity (Wildman–Crippen MR) is 139 cm³/mol. The van der Waals surface area contributed by atoms with Crippen molar-refractivity contribution in [2.75, 3.05) is 6.54 Å². The molecule has 1 saturated heterocycles. The molecule has 4 atom stereocenters. The maximum atomic E-state index is 13.6. The molecule has 1 N–H and O–H groups in total. The summed E-state index contributed by atoms with van der Waals surface area (Å²) in [5.41, 5.74) is 5.05. The Kier molecular flexibility index (Phi) is 7.78. The summed E-state index contributed by atoms with van der Waals surface area (Å²) in [7, 11) is 0. The van der Waals surface area contributed by atoms with E-state index in [9.17, 15) is 14.7 Å². The van der Waals surface area contributed by atoms with Gasteiger partial charge < -0.3 is 10.0 Å². The SMILES string of the molecule is Cc1nsc([C@H](C(=O)N2C[C@H](O)C[C@H]2C(=O)C[C@@H](C)c2ccc(-c3scnc3C)cc2)C(C)C)n1. The number of aliphatic hydroxyl groups is 1. The molecule has 186 valence electrons. The molecule has 0 unspecified atom stereocenters. The van der Waals surface area contributed by atoms with Gasteiger partial charge in [0.05, 0.1) is 34.1 Å². The molecular weight excluding hydrogens is 480 g/mol. The number of hydrogen-bond donors (Lipinski definition) is 1. The van der Waals surface area contributed by atoms with Crippen molar-refractivity contribution in [2.24, 2.45) is 5.92 Å². The fourth-order valence-corrected chi connectivity index (χ4v) is 6.49. The van der Waals surface area contributed by atoms with Gasteiger partial charge in [-0.15, -0.1) is 11.3 Å². The van der Waals surface area contributed by atoms with Crippen LogP contribution in [0, 0.1) is 19.8 Å². The molecule has 1 aliphatic rings. The van der Waals surface area contributed by atoms with Crippen LogP contribution in [0.5, 0.6) is 0 Å². The fraction of sp³-hybridized carbons (Fsp3) is 0.500. The molecule has 0 bridgehead atoms. The molecule has 1 amide bonds. The number of aryl methyl sites for hydroxylation is 2. The number of nitrogens with zero attached hydrogens (tertiary/aromatic N) is 4. The lowest BCUT2D eigenvalue weighted by atomic mass is 9.90. The largest absolute Gasteiger partial charge is 0.391 e. The lowest BCUT2D eigenvalue weighted by molar-refractivity contribution is -0.139. The number of aliphatic hydroxyl groups excluding tert-OH is 1. The van der Waals surface area contributed by atoms with Crippen LogP contribution >= 0.6 is 22.9 Å². The predicted octanol–water partition coefficient (Wildman–Crippen LogP) is 4.74. The molecule has 0 aliphatic carbocycles. The van der Waals surface area contributed by atoms with Crippen molar-refractivity contribution in [1.29, 1.82) is 0 Å². The van der Waals surface area contributed by atoms with Gasteiger partial charge in [-0.25, -0.2) is 9.97 Å². The monoisotopic (exact) mass is 512 g/mol. The number of Topliss-reactive ketones (excluding diaryl/α,β-unsaturated/α-hetero) is 1. The summed E-state index contributed by atoms with van der Waals surface area (Å²) >= 11 is 2.85. The smallest absolute Gasteiger partial charge is 0.233 e. The van der Waals surface area contributed by atoms with Gasteiger partial charge >= 0.3 is 0 Å². The number of likely N-dealkylation sites (tertiary alicyclic amines) is 1. The number of amides is 1. The molecule has 1 aliphatic heterocycles. The average Bonchev–Trinajstić information content (AvgIpc) is 3.53. The minimum atomic E-state index is -0.700. The van der Waals surface area contributed by atoms with Gasteiger partial charge in [-0.1, -0.05) is 45.0 Å². The number of carbonyl (C=O) groups excluding carboxylic acids is 2. The van der Waals surface area contributed by atoms with Crippen LogP contribution in [0.25, 0.3) is 10.4 Å². The topological polar surface area (TPSA) is 96.3 Å². The quantitative estimate of drug-likeness (QED) is 0.468. The van der Waals surface area contributed by atoms with Gasteiger partial charge in [0.25, 0.3) is 0 Å². The number of carbonyl (C=O) groups is 2. The number of benzene rings is 1. The molecule has 2 aromatic heterocycles. The van der Waals surface area contributed by atoms with Gasteiger partial charge in [-0.05, 0) is 48.3 Å². The van der Waals surface area contributed by atoms with Crippen LogP contribution in [0.2, 0.25) is 0 Å². The zero-order valence-corrected chi connectivity index (χ0v) is 22.4. The highest BCUT2D eigenvalue weighted by atomic mass is 32.1. The summed E-state index contributed by atoms with van der Waals surface area (Å²) in [5.74, 6) is 0.0111. The van der Waals surface area contributed by atoms with Gasteiger partial charge in [-0.3, -0.25) is 9.59 Å². The summed E-state index contributed by atoms with van der Waals surface area (Å²) in [5, 5.41) is 11.0. The molecule has 1 aromatic carbocycles. The highest BCUT2D eigenvalue weighted by molar-refractivity contribution is 7.13. The standard InChI is InChI=1S/C26H32N4O3S2/c1-14(2)23(25-28-17(5)29-35-25)26(33)30-12-20(31)11-21(30)22(32)10-15(3)18-6-8-19(9-7-18)24-16(4)27-13-34-24/h6-9,13-15,20-21,23,31H,10-12H2,1-5H3/t15-,20-,21+,23-/m1/s1. The molecule has 4 rings (SSSR count). The van der Waals surface area contributed by atoms with Crippen LogP contribution in [-0.4, -0.2) is 54.7 Å². The fourth-order valence-electron chi connectivity index (χ4n) is 4.75. The van der Waals surface area contributed by atoms with Gasteiger partial charge in [-0.2, -0.15) is 4.37 Å². The first-order valence-electron chi connectivity index (χ1n) is 12.0. The van der Waals surface area contributed by atoms with Crippen LogP contribution in [0.15, 0.2) is 29.8 Å². The number of hydrogen-bond acceptors (Lipinski definition) is 8. The van der Waals surface area contributed by atoms with E-state index in [1.54, 1.807) is 23.2 Å². The van der Waals surface area contributed by atoms with Crippen molar-refractivity contribution in [3.8, 4) is 10.4 Å². The lowest BCUT2D eigenvalue weighted by Gasteiger charge is -2.29. The van der Waals surface area contributed by atoms with Gasteiger partial charge in [0.2, 0.25) is 5.91 Å². The van der Waals surface area contributed by atoms with Gasteiger partial charge in [0.15, 0.2) is 5.78 Å². The molecule has 1 fully saturated rings. The van der Waals surface area contributed by atoms with E-state index in [0.29, 0.717) is 17.3 Å². The highest BCUT2D eigenvalue weighted by Crippen LogP contribution is 2.34. The van der Waals surface area contributed by atoms with Crippen LogP contribution in [-0.2, 0) is 9.59 Å². The molecule has 7 nitrogen and oxygen atoms in total. The second-order valence-electron chi connectivity index (χ2n) is 9.76. The van der Waals surface area contributed by atoms with E-state index >= 15 is 0 Å². The first-order valence-corrected chi connectivity index (χ1v) is 13.6. The summed E-state index contributed by atoms with van der Waals surface area (Å²) < 4.78 is 4.24. The maximum absolute atomic E-state index is 13.6. The highest BCUT2D eigenvalue weighted by Gasteiger charge is 2.43. The van der Waals surface area contributed by atoms with Crippen molar-refractivity contribution in [2.45, 2.75) is 71.4 Å². The third-order valence-corrected chi connectivity index (χ3v) is 8.54. The van der Waals surface area contributed by atoms with E-state index in [0.717, 1.165) is 21.7 Å². The third kappa shape index (κ3) is 5.52. The summed E-state index contributed by atoms with van der Waals surface area (Å²) in [6, 6.07) is 7.65. The summed E-state index contributed by atoms with van der Waals surface area (Å²) in [4.78, 5) is 38.5. The Labute approximate surface area is 214 Å². The average molecular weight is 513 g/mol. The van der Waals surface area contributed by atoms with E-state index in [1.807, 2.05) is 33.2 Å². The Morgan fingerprint density at radius 2 is 1.89 bits per heavy atom. The number of β-amino-alcohol motifs (C(OH)–C–C–N with tert-alkyl or cyclic N) is 1. The van der Waals surface area contributed by atoms with E-state index in [4.69, 9.17) is 0 Å². The minimum Gasteiger partial charge on any atom is -0.391 e. The van der Waals surface area contributed by atoms with Gasteiger partial charge in [0.1, 0.15) is 10.8 Å². The van der Waals surface area contributed by atoms with Gasteiger partial charge in [0, 0.05) is 19.4 Å². The molecule has 9 heteroatoms. The van der Waals surface area contributed by atoms with E-state index < -0.39 is 18.1 Å². The zero-order chi connectivity index (χ0) is 25.3. The Balaban J connectivity index is 1.47. The maximum Gasteiger partial charge on any atom is 0.233 e. The van der Waals surface area contributed by atoms with E-state index in [-0.39, 0.29) is 36.5 Å². The number of rotatable bonds is 8. The molecule has 3 heterocycles. The second kappa shape index (κ2) is 10.6. The molecular formula is C26H32N4O3S2. The lowest BCUT2D eigenvalue weighted by Crippen LogP contribution is -2.44. The van der Waals surface area contributed by atoms with Crippen LogP contribution in [0.3, 0.4) is 0 Å². The summed E-state index contributed by atoms with van der Waals surface area (Å²) in [6.07, 6.45) is -0.111. The van der Waals surface area contributed by atoms with Crippen LogP contribution in [0.1, 0.15) is 67.5 Å². The van der Waals surface area contributed by atoms with Crippen LogP contribution < -0.4 is 0 Å². The first-order chi connectivity index (χ1) is 16.7. The Hall–Kier alpha value is -2.49. The molecule has 3 aromatic rings. The second-order valence-corrected chi connectivity index (χ2v) is 11.4. The van der Waals surface area contributed by atoms with E-state index in [2.05, 4.69) is 38.6 Å². The van der Waals surface area contributed by atoms with Crippen molar-refractivity contribution in [3.05, 3.63) is 51.9 Å². The number of aromatic nitrogens is 3. The molecule has 0 saturated carbocycles. The van der Waals surface area contributed by atoms with E-state index in [1.165, 1.54) is 11.5 Å². The Morgan fingerprint density at radius 1 is 1.17 bits per heavy atom. The molecule has 35 heavy (non-hydrogen) atoms. The number of ketones is 1. The zero-order valence-electron chi connectivity index (χ0n) is 20.8. The van der Waals surface area contributed by atoms with Crippen molar-refractivity contribution >= 4 is 34.6 Å². The normalized spacial score (nSPS) is 19.8. The Morgan fingerprint density at radius 3 is 2.46 bits per heavy atom. The van der Waals surface area contributed by atoms with Crippen LogP contribution in [0.4, 0.5) is 0 Å². The summed E-state index contributed by atoms with van der Waals surface area (Å²) in [6.45, 7) is 9.96. The third-order valence-electron chi connectivity index (χ3n) is 6.67. The number of thiazole rings is 1. The first kappa shape index (κ1) is 25.6. The van der Waals surface area contributed by atoms with Crippen molar-refractivity contribution in [1.82, 2.24) is 19.2 Å².